The molecule has 2 fully saturated rings. The van der Waals surface area contributed by atoms with E-state index in [2.05, 4.69) is 10.3 Å². The summed E-state index contributed by atoms with van der Waals surface area (Å²) >= 11 is 5.84. The quantitative estimate of drug-likeness (QED) is 0.525. The Kier molecular flexibility index (Phi) is 7.08. The van der Waals surface area contributed by atoms with E-state index < -0.39 is 0 Å². The zero-order valence-corrected chi connectivity index (χ0v) is 18.9. The van der Waals surface area contributed by atoms with E-state index in [1.165, 1.54) is 12.3 Å². The maximum Gasteiger partial charge on any atom is 0.292 e. The monoisotopic (exact) mass is 471 g/mol. The van der Waals surface area contributed by atoms with Gasteiger partial charge in [0.2, 0.25) is 11.8 Å². The van der Waals surface area contributed by atoms with Gasteiger partial charge in [-0.15, -0.1) is 0 Å². The molecule has 9 nitrogen and oxygen atoms in total. The molecule has 0 spiro atoms. The van der Waals surface area contributed by atoms with Crippen LogP contribution in [0, 0.1) is 22.0 Å². The molecule has 1 aromatic heterocycles. The summed E-state index contributed by atoms with van der Waals surface area (Å²) in [6.07, 6.45) is 4.23. The lowest BCUT2D eigenvalue weighted by Crippen LogP contribution is -2.48. The van der Waals surface area contributed by atoms with Gasteiger partial charge >= 0.3 is 0 Å². The third-order valence-electron chi connectivity index (χ3n) is 6.35. The lowest BCUT2D eigenvalue weighted by atomic mass is 9.91. The van der Waals surface area contributed by atoms with Gasteiger partial charge in [-0.1, -0.05) is 23.7 Å². The van der Waals surface area contributed by atoms with Gasteiger partial charge in [-0.25, -0.2) is 4.98 Å². The van der Waals surface area contributed by atoms with Crippen molar-refractivity contribution in [3.63, 3.8) is 0 Å². The van der Waals surface area contributed by atoms with Gasteiger partial charge < -0.3 is 15.1 Å². The van der Waals surface area contributed by atoms with Crippen LogP contribution in [0.2, 0.25) is 5.02 Å². The number of nitro benzene ring substituents is 1. The first-order valence-corrected chi connectivity index (χ1v) is 11.5. The molecule has 1 unspecified atom stereocenters. The number of hydrogen-bond donors (Lipinski definition) is 1. The average molecular weight is 472 g/mol. The third-order valence-corrected chi connectivity index (χ3v) is 6.57. The Balaban J connectivity index is 1.33. The summed E-state index contributed by atoms with van der Waals surface area (Å²) < 4.78 is 0. The van der Waals surface area contributed by atoms with Crippen LogP contribution in [-0.2, 0) is 9.59 Å². The number of nitrogens with zero attached hydrogens (tertiary/aromatic N) is 4. The summed E-state index contributed by atoms with van der Waals surface area (Å²) in [5.74, 6) is -0.0564. The van der Waals surface area contributed by atoms with Crippen molar-refractivity contribution in [3.8, 4) is 0 Å². The maximum absolute atomic E-state index is 13.2. The Morgan fingerprint density at radius 2 is 1.82 bits per heavy atom. The number of nitrogens with one attached hydrogen (secondary N) is 1. The lowest BCUT2D eigenvalue weighted by Gasteiger charge is -2.38. The van der Waals surface area contributed by atoms with Crippen molar-refractivity contribution in [1.82, 2.24) is 9.88 Å². The maximum atomic E-state index is 13.2. The highest BCUT2D eigenvalue weighted by Crippen LogP contribution is 2.32. The van der Waals surface area contributed by atoms with Crippen molar-refractivity contribution in [2.75, 3.05) is 36.4 Å². The summed E-state index contributed by atoms with van der Waals surface area (Å²) in [6, 6.07) is 10.0. The van der Waals surface area contributed by atoms with Crippen LogP contribution >= 0.6 is 11.6 Å². The molecule has 33 heavy (non-hydrogen) atoms. The molecular formula is C23H26ClN5O4. The number of benzene rings is 1. The number of para-hydroxylation sites is 2. The Morgan fingerprint density at radius 1 is 1.06 bits per heavy atom. The highest BCUT2D eigenvalue weighted by atomic mass is 35.5. The number of amides is 2. The smallest absolute Gasteiger partial charge is 0.292 e. The molecule has 0 saturated carbocycles. The number of likely N-dealkylation sites (tertiary alicyclic amines) is 1. The van der Waals surface area contributed by atoms with Crippen LogP contribution in [0.3, 0.4) is 0 Å². The largest absolute Gasteiger partial charge is 0.366 e. The van der Waals surface area contributed by atoms with Gasteiger partial charge in [-0.2, -0.15) is 0 Å². The zero-order valence-electron chi connectivity index (χ0n) is 18.2. The van der Waals surface area contributed by atoms with E-state index in [9.17, 15) is 19.7 Å². The van der Waals surface area contributed by atoms with Crippen LogP contribution in [0.4, 0.5) is 17.2 Å². The number of pyridine rings is 1. The first-order valence-electron chi connectivity index (χ1n) is 11.1. The van der Waals surface area contributed by atoms with Crippen LogP contribution in [0.5, 0.6) is 0 Å². The van der Waals surface area contributed by atoms with Gasteiger partial charge in [0.1, 0.15) is 11.5 Å². The van der Waals surface area contributed by atoms with E-state index in [4.69, 9.17) is 11.6 Å². The van der Waals surface area contributed by atoms with Crippen molar-refractivity contribution in [2.24, 2.45) is 11.8 Å². The summed E-state index contributed by atoms with van der Waals surface area (Å²) in [4.78, 5) is 44.7. The van der Waals surface area contributed by atoms with Crippen molar-refractivity contribution in [2.45, 2.75) is 25.7 Å². The highest BCUT2D eigenvalue weighted by Gasteiger charge is 2.34. The molecule has 2 aliphatic rings. The first kappa shape index (κ1) is 23.0. The normalized spacial score (nSPS) is 19.2. The number of carbonyl (C=O) groups is 2. The number of carbonyl (C=O) groups excluding carboxylic acids is 2. The highest BCUT2D eigenvalue weighted by molar-refractivity contribution is 6.30. The van der Waals surface area contributed by atoms with Crippen LogP contribution in [0.1, 0.15) is 25.7 Å². The fourth-order valence-electron chi connectivity index (χ4n) is 4.58. The van der Waals surface area contributed by atoms with Gasteiger partial charge in [0.05, 0.1) is 15.9 Å². The van der Waals surface area contributed by atoms with E-state index in [0.29, 0.717) is 55.5 Å². The molecule has 10 heteroatoms. The van der Waals surface area contributed by atoms with Crippen molar-refractivity contribution < 1.29 is 14.5 Å². The van der Waals surface area contributed by atoms with Crippen molar-refractivity contribution >= 4 is 40.6 Å². The van der Waals surface area contributed by atoms with E-state index in [1.807, 2.05) is 4.90 Å². The standard InChI is InChI=1S/C23H26ClN5O4/c24-18-7-8-21(25-14-18)26-22(30)17-4-3-11-28(15-17)23(31)16-9-12-27(13-10-16)19-5-1-2-6-20(19)29(32)33/h1-2,5-8,14,16-17H,3-4,9-13,15H2,(H,25,26,30). The molecule has 0 radical (unpaired) electrons. The SMILES string of the molecule is O=C(Nc1ccc(Cl)cn1)C1CCCN(C(=O)C2CCN(c3ccccc3[N+](=O)[O-])CC2)C1. The first-order chi connectivity index (χ1) is 15.9. The predicted octanol–water partition coefficient (Wildman–Crippen LogP) is 3.74. The molecule has 2 amide bonds. The summed E-state index contributed by atoms with van der Waals surface area (Å²) in [6.45, 7) is 2.21. The van der Waals surface area contributed by atoms with Gasteiger partial charge in [-0.05, 0) is 43.9 Å². The van der Waals surface area contributed by atoms with Crippen LogP contribution < -0.4 is 10.2 Å². The van der Waals surface area contributed by atoms with Crippen LogP contribution in [0.15, 0.2) is 42.6 Å². The molecule has 2 saturated heterocycles. The zero-order chi connectivity index (χ0) is 23.4. The van der Waals surface area contributed by atoms with E-state index >= 15 is 0 Å². The number of nitro groups is 1. The minimum atomic E-state index is -0.370. The minimum Gasteiger partial charge on any atom is -0.366 e. The minimum absolute atomic E-state index is 0.0688. The fourth-order valence-corrected chi connectivity index (χ4v) is 4.69. The number of piperidine rings is 2. The lowest BCUT2D eigenvalue weighted by molar-refractivity contribution is -0.384. The molecule has 1 aromatic carbocycles. The molecule has 4 rings (SSSR count). The van der Waals surface area contributed by atoms with Gasteiger partial charge in [-0.3, -0.25) is 19.7 Å². The summed E-state index contributed by atoms with van der Waals surface area (Å²) in [5, 5.41) is 14.6. The summed E-state index contributed by atoms with van der Waals surface area (Å²) in [7, 11) is 0. The molecule has 3 heterocycles. The average Bonchev–Trinajstić information content (AvgIpc) is 2.85. The van der Waals surface area contributed by atoms with Crippen molar-refractivity contribution in [3.05, 3.63) is 57.7 Å². The number of halogens is 1. The van der Waals surface area contributed by atoms with Crippen LogP contribution in [-0.4, -0.2) is 52.8 Å². The predicted molar refractivity (Wildman–Crippen MR) is 125 cm³/mol. The molecular weight excluding hydrogens is 446 g/mol. The third kappa shape index (κ3) is 5.42. The van der Waals surface area contributed by atoms with Gasteiger partial charge in [0, 0.05) is 44.4 Å². The number of anilines is 2. The molecule has 0 bridgehead atoms. The Morgan fingerprint density at radius 3 is 2.52 bits per heavy atom. The van der Waals surface area contributed by atoms with Gasteiger partial charge in [0.25, 0.3) is 5.69 Å². The molecule has 174 valence electrons. The summed E-state index contributed by atoms with van der Waals surface area (Å²) in [5.41, 5.74) is 0.682. The number of rotatable bonds is 5. The van der Waals surface area contributed by atoms with E-state index in [1.54, 1.807) is 35.2 Å². The van der Waals surface area contributed by atoms with Crippen LogP contribution in [0.25, 0.3) is 0 Å². The molecule has 1 N–H and O–H groups in total. The Hall–Kier alpha value is -3.20. The topological polar surface area (TPSA) is 109 Å². The number of aromatic nitrogens is 1. The van der Waals surface area contributed by atoms with Crippen molar-refractivity contribution in [1.29, 1.82) is 0 Å². The molecule has 0 aliphatic carbocycles. The number of hydrogen-bond acceptors (Lipinski definition) is 6. The molecule has 2 aromatic rings. The second-order valence-electron chi connectivity index (χ2n) is 8.48. The van der Waals surface area contributed by atoms with E-state index in [-0.39, 0.29) is 34.3 Å². The molecule has 1 atom stereocenters. The Labute approximate surface area is 196 Å². The molecule has 2 aliphatic heterocycles. The second-order valence-corrected chi connectivity index (χ2v) is 8.92. The second kappa shape index (κ2) is 10.2. The van der Waals surface area contributed by atoms with E-state index in [0.717, 1.165) is 12.8 Å². The van der Waals surface area contributed by atoms with Gasteiger partial charge in [0.15, 0.2) is 0 Å². The Bertz CT molecular complexity index is 1020. The fraction of sp³-hybridized carbons (Fsp3) is 0.435.